The van der Waals surface area contributed by atoms with Crippen LogP contribution in [0.4, 0.5) is 0 Å². The van der Waals surface area contributed by atoms with Crippen LogP contribution in [-0.4, -0.2) is 43.0 Å². The molecule has 0 saturated carbocycles. The Morgan fingerprint density at radius 2 is 1.91 bits per heavy atom. The molecule has 0 fully saturated rings. The van der Waals surface area contributed by atoms with Crippen LogP contribution in [0.2, 0.25) is 5.02 Å². The molecule has 2 aromatic rings. The molecule has 0 aliphatic carbocycles. The summed E-state index contributed by atoms with van der Waals surface area (Å²) < 4.78 is 0. The number of nitrogens with one attached hydrogen (secondary N) is 1. The van der Waals surface area contributed by atoms with Crippen LogP contribution in [-0.2, 0) is 0 Å². The molecule has 1 aromatic carbocycles. The first-order chi connectivity index (χ1) is 10.0. The molecule has 1 aromatic heterocycles. The second-order valence-electron chi connectivity index (χ2n) is 4.77. The summed E-state index contributed by atoms with van der Waals surface area (Å²) in [5.41, 5.74) is 1.75. The van der Waals surface area contributed by atoms with Crippen LogP contribution >= 0.6 is 47.8 Å². The Morgan fingerprint density at radius 3 is 2.48 bits per heavy atom. The highest BCUT2D eigenvalue weighted by atomic mass is 35.5. The van der Waals surface area contributed by atoms with Gasteiger partial charge in [0.15, 0.2) is 0 Å². The van der Waals surface area contributed by atoms with Gasteiger partial charge in [-0.05, 0) is 26.1 Å². The Kier molecular flexibility index (Phi) is 9.73. The van der Waals surface area contributed by atoms with Crippen molar-refractivity contribution < 1.29 is 4.79 Å². The molecule has 4 nitrogen and oxygen atoms in total. The SMILES string of the molecule is CNCCN(C)C(=O)c1sc(-c2ccc(Cl)cc2)nc1C.Cl.Cl. The molecule has 128 valence electrons. The van der Waals surface area contributed by atoms with Gasteiger partial charge in [0, 0.05) is 30.7 Å². The maximum atomic E-state index is 12.4. The van der Waals surface area contributed by atoms with Crippen LogP contribution in [0.1, 0.15) is 15.4 Å². The van der Waals surface area contributed by atoms with Gasteiger partial charge in [0.25, 0.3) is 5.91 Å². The van der Waals surface area contributed by atoms with Crippen molar-refractivity contribution in [2.24, 2.45) is 0 Å². The van der Waals surface area contributed by atoms with Gasteiger partial charge in [-0.1, -0.05) is 23.7 Å². The number of likely N-dealkylation sites (N-methyl/N-ethyl adjacent to an activating group) is 2. The average Bonchev–Trinajstić information content (AvgIpc) is 2.86. The van der Waals surface area contributed by atoms with Crippen molar-refractivity contribution in [2.75, 3.05) is 27.2 Å². The molecule has 1 heterocycles. The number of carbonyl (C=O) groups excluding carboxylic acids is 1. The van der Waals surface area contributed by atoms with Crippen LogP contribution in [0.15, 0.2) is 24.3 Å². The lowest BCUT2D eigenvalue weighted by Crippen LogP contribution is -2.32. The maximum absolute atomic E-state index is 12.4. The van der Waals surface area contributed by atoms with E-state index in [1.165, 1.54) is 11.3 Å². The van der Waals surface area contributed by atoms with Crippen molar-refractivity contribution in [2.45, 2.75) is 6.92 Å². The van der Waals surface area contributed by atoms with Gasteiger partial charge >= 0.3 is 0 Å². The van der Waals surface area contributed by atoms with E-state index in [2.05, 4.69) is 10.3 Å². The Hall–Kier alpha value is -0.850. The smallest absolute Gasteiger partial charge is 0.265 e. The highest BCUT2D eigenvalue weighted by Gasteiger charge is 2.19. The number of thiazole rings is 1. The molecule has 23 heavy (non-hydrogen) atoms. The molecule has 0 unspecified atom stereocenters. The number of halogens is 3. The number of amides is 1. The molecule has 0 saturated heterocycles. The molecule has 1 amide bonds. The number of benzene rings is 1. The molecule has 2 rings (SSSR count). The van der Waals surface area contributed by atoms with Gasteiger partial charge in [0.05, 0.1) is 5.69 Å². The van der Waals surface area contributed by atoms with Gasteiger partial charge in [-0.3, -0.25) is 4.79 Å². The molecular formula is C15H20Cl3N3OS. The minimum atomic E-state index is 0. The van der Waals surface area contributed by atoms with Crippen LogP contribution in [0.5, 0.6) is 0 Å². The first-order valence-electron chi connectivity index (χ1n) is 6.66. The van der Waals surface area contributed by atoms with E-state index >= 15 is 0 Å². The van der Waals surface area contributed by atoms with E-state index in [1.807, 2.05) is 38.2 Å². The fourth-order valence-corrected chi connectivity index (χ4v) is 3.06. The van der Waals surface area contributed by atoms with Crippen LogP contribution in [0, 0.1) is 6.92 Å². The molecule has 1 N–H and O–H groups in total. The quantitative estimate of drug-likeness (QED) is 0.833. The summed E-state index contributed by atoms with van der Waals surface area (Å²) in [6, 6.07) is 7.49. The summed E-state index contributed by atoms with van der Waals surface area (Å²) >= 11 is 7.31. The van der Waals surface area contributed by atoms with E-state index in [0.29, 0.717) is 16.4 Å². The summed E-state index contributed by atoms with van der Waals surface area (Å²) in [6.07, 6.45) is 0. The van der Waals surface area contributed by atoms with Crippen molar-refractivity contribution in [1.29, 1.82) is 0 Å². The standard InChI is InChI=1S/C15H18ClN3OS.2ClH/c1-10-13(15(20)19(3)9-8-17-2)21-14(18-10)11-4-6-12(16)7-5-11;;/h4-7,17H,8-9H2,1-3H3;2*1H. The summed E-state index contributed by atoms with van der Waals surface area (Å²) in [7, 11) is 3.68. The number of rotatable bonds is 5. The number of carbonyl (C=O) groups is 1. The van der Waals surface area contributed by atoms with Crippen LogP contribution < -0.4 is 5.32 Å². The molecule has 0 spiro atoms. The summed E-state index contributed by atoms with van der Waals surface area (Å²) in [4.78, 5) is 19.3. The minimum absolute atomic E-state index is 0. The number of aromatic nitrogens is 1. The van der Waals surface area contributed by atoms with E-state index in [4.69, 9.17) is 11.6 Å². The van der Waals surface area contributed by atoms with Gasteiger partial charge in [-0.15, -0.1) is 36.2 Å². The third kappa shape index (κ3) is 5.62. The number of hydrogen-bond donors (Lipinski definition) is 1. The monoisotopic (exact) mass is 395 g/mol. The largest absolute Gasteiger partial charge is 0.340 e. The van der Waals surface area contributed by atoms with E-state index < -0.39 is 0 Å². The lowest BCUT2D eigenvalue weighted by molar-refractivity contribution is 0.0800. The van der Waals surface area contributed by atoms with E-state index in [0.717, 1.165) is 22.8 Å². The molecule has 0 atom stereocenters. The fraction of sp³-hybridized carbons (Fsp3) is 0.333. The summed E-state index contributed by atoms with van der Waals surface area (Å²) in [5, 5.41) is 4.57. The molecule has 0 bridgehead atoms. The van der Waals surface area contributed by atoms with Gasteiger partial charge in [0.2, 0.25) is 0 Å². The Balaban J connectivity index is 0.00000242. The van der Waals surface area contributed by atoms with E-state index in [1.54, 1.807) is 11.9 Å². The highest BCUT2D eigenvalue weighted by molar-refractivity contribution is 7.17. The minimum Gasteiger partial charge on any atom is -0.340 e. The third-order valence-corrected chi connectivity index (χ3v) is 4.57. The van der Waals surface area contributed by atoms with Gasteiger partial charge < -0.3 is 10.2 Å². The average molecular weight is 397 g/mol. The van der Waals surface area contributed by atoms with E-state index in [9.17, 15) is 4.79 Å². The first kappa shape index (κ1) is 22.1. The number of nitrogens with zero attached hydrogens (tertiary/aromatic N) is 2. The zero-order valence-electron chi connectivity index (χ0n) is 13.1. The van der Waals surface area contributed by atoms with Crippen molar-refractivity contribution in [3.05, 3.63) is 39.9 Å². The molecule has 0 radical (unpaired) electrons. The second kappa shape index (κ2) is 10.1. The van der Waals surface area contributed by atoms with Crippen molar-refractivity contribution in [3.8, 4) is 10.6 Å². The first-order valence-corrected chi connectivity index (χ1v) is 7.85. The van der Waals surface area contributed by atoms with Crippen molar-refractivity contribution in [1.82, 2.24) is 15.2 Å². The Labute approximate surface area is 158 Å². The highest BCUT2D eigenvalue weighted by Crippen LogP contribution is 2.29. The molecule has 8 heteroatoms. The zero-order valence-corrected chi connectivity index (χ0v) is 16.3. The summed E-state index contributed by atoms with van der Waals surface area (Å²) in [6.45, 7) is 3.31. The predicted octanol–water partition coefficient (Wildman–Crippen LogP) is 3.91. The second-order valence-corrected chi connectivity index (χ2v) is 6.21. The van der Waals surface area contributed by atoms with E-state index in [-0.39, 0.29) is 30.7 Å². The lowest BCUT2D eigenvalue weighted by Gasteiger charge is -2.15. The van der Waals surface area contributed by atoms with Crippen molar-refractivity contribution in [3.63, 3.8) is 0 Å². The third-order valence-electron chi connectivity index (χ3n) is 3.13. The Morgan fingerprint density at radius 1 is 1.30 bits per heavy atom. The molecular weight excluding hydrogens is 377 g/mol. The number of hydrogen-bond acceptors (Lipinski definition) is 4. The maximum Gasteiger partial charge on any atom is 0.265 e. The van der Waals surface area contributed by atoms with Crippen LogP contribution in [0.3, 0.4) is 0 Å². The molecule has 0 aliphatic rings. The molecule has 0 aliphatic heterocycles. The lowest BCUT2D eigenvalue weighted by atomic mass is 10.2. The van der Waals surface area contributed by atoms with Gasteiger partial charge in [-0.2, -0.15) is 0 Å². The normalized spacial score (nSPS) is 9.74. The number of aryl methyl sites for hydroxylation is 1. The van der Waals surface area contributed by atoms with Gasteiger partial charge in [0.1, 0.15) is 9.88 Å². The van der Waals surface area contributed by atoms with Crippen LogP contribution in [0.25, 0.3) is 10.6 Å². The fourth-order valence-electron chi connectivity index (χ4n) is 1.87. The van der Waals surface area contributed by atoms with Gasteiger partial charge in [-0.25, -0.2) is 4.98 Å². The topological polar surface area (TPSA) is 45.2 Å². The predicted molar refractivity (Wildman–Crippen MR) is 103 cm³/mol. The summed E-state index contributed by atoms with van der Waals surface area (Å²) in [5.74, 6) is 0.0143. The Bertz CT molecular complexity index is 631. The van der Waals surface area contributed by atoms with Crippen molar-refractivity contribution >= 4 is 53.7 Å². The zero-order chi connectivity index (χ0) is 15.4.